The van der Waals surface area contributed by atoms with E-state index in [1.165, 1.54) is 11.9 Å². The standard InChI is InChI=1S/C10H16N4O4/c1-11-4-5-12(2)7(15)6-14-9(17)8(16)13(3)10(14)18/h11H,4-6H2,1-3H3. The molecule has 1 aliphatic heterocycles. The van der Waals surface area contributed by atoms with Crippen molar-refractivity contribution in [2.45, 2.75) is 0 Å². The van der Waals surface area contributed by atoms with Crippen LogP contribution in [-0.2, 0) is 14.4 Å². The fraction of sp³-hybridized carbons (Fsp3) is 0.600. The van der Waals surface area contributed by atoms with E-state index in [4.69, 9.17) is 0 Å². The molecule has 0 bridgehead atoms. The minimum Gasteiger partial charge on any atom is -0.343 e. The van der Waals surface area contributed by atoms with Gasteiger partial charge in [-0.2, -0.15) is 0 Å². The van der Waals surface area contributed by atoms with Crippen LogP contribution in [0, 0.1) is 0 Å². The molecule has 8 nitrogen and oxygen atoms in total. The van der Waals surface area contributed by atoms with Crippen molar-refractivity contribution in [1.29, 1.82) is 0 Å². The molecular weight excluding hydrogens is 240 g/mol. The Hall–Kier alpha value is -1.96. The second-order valence-corrected chi connectivity index (χ2v) is 3.96. The number of carbonyl (C=O) groups is 4. The fourth-order valence-corrected chi connectivity index (χ4v) is 1.41. The van der Waals surface area contributed by atoms with Gasteiger partial charge in [-0.3, -0.25) is 19.3 Å². The molecule has 0 radical (unpaired) electrons. The van der Waals surface area contributed by atoms with Crippen molar-refractivity contribution in [1.82, 2.24) is 20.0 Å². The molecule has 0 aromatic carbocycles. The molecule has 0 aromatic heterocycles. The lowest BCUT2D eigenvalue weighted by Gasteiger charge is -2.19. The van der Waals surface area contributed by atoms with Gasteiger partial charge in [0.05, 0.1) is 0 Å². The second-order valence-electron chi connectivity index (χ2n) is 3.96. The predicted molar refractivity (Wildman–Crippen MR) is 61.4 cm³/mol. The molecule has 0 aliphatic carbocycles. The fourth-order valence-electron chi connectivity index (χ4n) is 1.41. The first kappa shape index (κ1) is 14.1. The van der Waals surface area contributed by atoms with Gasteiger partial charge in [0.1, 0.15) is 6.54 Å². The first-order valence-electron chi connectivity index (χ1n) is 5.42. The van der Waals surface area contributed by atoms with Gasteiger partial charge in [-0.05, 0) is 7.05 Å². The van der Waals surface area contributed by atoms with Crippen molar-refractivity contribution >= 4 is 23.8 Å². The summed E-state index contributed by atoms with van der Waals surface area (Å²) in [6.45, 7) is 0.645. The van der Waals surface area contributed by atoms with E-state index in [0.29, 0.717) is 22.9 Å². The minimum absolute atomic E-state index is 0.393. The smallest absolute Gasteiger partial charge is 0.334 e. The summed E-state index contributed by atoms with van der Waals surface area (Å²) in [6.07, 6.45) is 0. The third kappa shape index (κ3) is 2.65. The molecule has 0 spiro atoms. The molecule has 8 heteroatoms. The van der Waals surface area contributed by atoms with Gasteiger partial charge in [0.25, 0.3) is 0 Å². The SMILES string of the molecule is CNCCN(C)C(=O)CN1C(=O)C(=O)N(C)C1=O. The Morgan fingerprint density at radius 1 is 1.28 bits per heavy atom. The molecule has 0 atom stereocenters. The average Bonchev–Trinajstić information content (AvgIpc) is 2.53. The average molecular weight is 256 g/mol. The maximum atomic E-state index is 11.7. The van der Waals surface area contributed by atoms with Crippen molar-refractivity contribution < 1.29 is 19.2 Å². The molecule has 1 N–H and O–H groups in total. The summed E-state index contributed by atoms with van der Waals surface area (Å²) in [5.41, 5.74) is 0. The Morgan fingerprint density at radius 2 is 1.89 bits per heavy atom. The summed E-state index contributed by atoms with van der Waals surface area (Å²) in [7, 11) is 4.52. The van der Waals surface area contributed by atoms with Crippen LogP contribution in [0.25, 0.3) is 0 Å². The predicted octanol–water partition coefficient (Wildman–Crippen LogP) is -1.92. The molecule has 0 saturated carbocycles. The normalized spacial score (nSPS) is 15.6. The Morgan fingerprint density at radius 3 is 2.33 bits per heavy atom. The van der Waals surface area contributed by atoms with Crippen LogP contribution in [0.4, 0.5) is 4.79 Å². The highest BCUT2D eigenvalue weighted by atomic mass is 16.2. The summed E-state index contributed by atoms with van der Waals surface area (Å²) < 4.78 is 0. The number of hydrogen-bond acceptors (Lipinski definition) is 5. The van der Waals surface area contributed by atoms with Crippen molar-refractivity contribution in [3.05, 3.63) is 0 Å². The highest BCUT2D eigenvalue weighted by Gasteiger charge is 2.43. The second kappa shape index (κ2) is 5.58. The monoisotopic (exact) mass is 256 g/mol. The number of hydrogen-bond donors (Lipinski definition) is 1. The van der Waals surface area contributed by atoms with E-state index in [0.717, 1.165) is 0 Å². The van der Waals surface area contributed by atoms with Gasteiger partial charge >= 0.3 is 17.8 Å². The molecule has 1 fully saturated rings. The number of likely N-dealkylation sites (N-methyl/N-ethyl adjacent to an activating group) is 3. The number of amides is 5. The van der Waals surface area contributed by atoms with E-state index in [1.54, 1.807) is 14.1 Å². The highest BCUT2D eigenvalue weighted by molar-refractivity contribution is 6.44. The molecule has 100 valence electrons. The molecular formula is C10H16N4O4. The summed E-state index contributed by atoms with van der Waals surface area (Å²) in [4.78, 5) is 48.7. The van der Waals surface area contributed by atoms with Crippen LogP contribution in [-0.4, -0.2) is 79.2 Å². The third-order valence-corrected chi connectivity index (χ3v) is 2.67. The van der Waals surface area contributed by atoms with E-state index in [-0.39, 0.29) is 0 Å². The molecule has 0 unspecified atom stereocenters. The van der Waals surface area contributed by atoms with Gasteiger partial charge in [0.15, 0.2) is 0 Å². The number of imide groups is 2. The van der Waals surface area contributed by atoms with Crippen LogP contribution in [0.5, 0.6) is 0 Å². The number of urea groups is 1. The third-order valence-electron chi connectivity index (χ3n) is 2.67. The lowest BCUT2D eigenvalue weighted by atomic mass is 10.4. The number of nitrogens with zero attached hydrogens (tertiary/aromatic N) is 3. The van der Waals surface area contributed by atoms with Crippen molar-refractivity contribution in [3.8, 4) is 0 Å². The van der Waals surface area contributed by atoms with Gasteiger partial charge in [-0.25, -0.2) is 9.69 Å². The van der Waals surface area contributed by atoms with Gasteiger partial charge in [0, 0.05) is 27.2 Å². The van der Waals surface area contributed by atoms with Crippen LogP contribution in [0.1, 0.15) is 0 Å². The van der Waals surface area contributed by atoms with Gasteiger partial charge in [-0.1, -0.05) is 0 Å². The Labute approximate surface area is 104 Å². The lowest BCUT2D eigenvalue weighted by Crippen LogP contribution is -2.43. The van der Waals surface area contributed by atoms with Crippen molar-refractivity contribution in [3.63, 3.8) is 0 Å². The number of nitrogens with one attached hydrogen (secondary N) is 1. The molecule has 1 rings (SSSR count). The van der Waals surface area contributed by atoms with E-state index < -0.39 is 30.3 Å². The van der Waals surface area contributed by atoms with Crippen molar-refractivity contribution in [2.24, 2.45) is 0 Å². The molecule has 1 saturated heterocycles. The van der Waals surface area contributed by atoms with Gasteiger partial charge < -0.3 is 10.2 Å². The molecule has 1 heterocycles. The molecule has 5 amide bonds. The van der Waals surface area contributed by atoms with Crippen LogP contribution in [0.3, 0.4) is 0 Å². The molecule has 0 aromatic rings. The first-order chi connectivity index (χ1) is 8.40. The van der Waals surface area contributed by atoms with Crippen LogP contribution in [0.15, 0.2) is 0 Å². The molecule has 1 aliphatic rings. The minimum atomic E-state index is -0.960. The maximum Gasteiger partial charge on any atom is 0.334 e. The Kier molecular flexibility index (Phi) is 4.38. The quantitative estimate of drug-likeness (QED) is 0.457. The van der Waals surface area contributed by atoms with Gasteiger partial charge in [-0.15, -0.1) is 0 Å². The topological polar surface area (TPSA) is 90.0 Å². The Balaban J connectivity index is 2.62. The highest BCUT2D eigenvalue weighted by Crippen LogP contribution is 2.09. The Bertz CT molecular complexity index is 395. The molecule has 18 heavy (non-hydrogen) atoms. The number of rotatable bonds is 5. The van der Waals surface area contributed by atoms with Crippen molar-refractivity contribution in [2.75, 3.05) is 40.8 Å². The largest absolute Gasteiger partial charge is 0.343 e. The van der Waals surface area contributed by atoms with E-state index >= 15 is 0 Å². The van der Waals surface area contributed by atoms with Gasteiger partial charge in [0.2, 0.25) is 5.91 Å². The van der Waals surface area contributed by atoms with E-state index in [1.807, 2.05) is 0 Å². The first-order valence-corrected chi connectivity index (χ1v) is 5.42. The zero-order valence-corrected chi connectivity index (χ0v) is 10.6. The summed E-state index contributed by atoms with van der Waals surface area (Å²) in [5, 5.41) is 2.88. The summed E-state index contributed by atoms with van der Waals surface area (Å²) in [5.74, 6) is -2.27. The van der Waals surface area contributed by atoms with Crippen LogP contribution in [0.2, 0.25) is 0 Å². The zero-order chi connectivity index (χ0) is 13.9. The van der Waals surface area contributed by atoms with E-state index in [9.17, 15) is 19.2 Å². The number of carbonyl (C=O) groups excluding carboxylic acids is 4. The zero-order valence-electron chi connectivity index (χ0n) is 10.6. The van der Waals surface area contributed by atoms with Crippen LogP contribution < -0.4 is 5.32 Å². The van der Waals surface area contributed by atoms with E-state index in [2.05, 4.69) is 5.32 Å². The summed E-state index contributed by atoms with van der Waals surface area (Å²) >= 11 is 0. The maximum absolute atomic E-state index is 11.7. The lowest BCUT2D eigenvalue weighted by molar-refractivity contribution is -0.144. The summed E-state index contributed by atoms with van der Waals surface area (Å²) in [6, 6.07) is -0.764. The van der Waals surface area contributed by atoms with Crippen LogP contribution >= 0.6 is 0 Å².